The van der Waals surface area contributed by atoms with Gasteiger partial charge in [0, 0.05) is 16.7 Å². The lowest BCUT2D eigenvalue weighted by molar-refractivity contribution is -0.136. The molecule has 5 rings (SSSR count). The molecule has 0 fully saturated rings. The molecule has 1 aromatic carbocycles. The van der Waals surface area contributed by atoms with Crippen LogP contribution in [0.4, 0.5) is 0 Å². The number of furan rings is 1. The Hall–Kier alpha value is -2.82. The normalized spacial score (nSPS) is 24.4. The van der Waals surface area contributed by atoms with Gasteiger partial charge in [-0.15, -0.1) is 0 Å². The first-order chi connectivity index (χ1) is 12.2. The number of hydrogen-bond acceptors (Lipinski definition) is 5. The van der Waals surface area contributed by atoms with Crippen molar-refractivity contribution in [2.24, 2.45) is 5.92 Å². The van der Waals surface area contributed by atoms with Crippen LogP contribution in [0, 0.1) is 5.92 Å². The molecule has 2 atom stereocenters. The van der Waals surface area contributed by atoms with Gasteiger partial charge < -0.3 is 13.9 Å². The van der Waals surface area contributed by atoms with Gasteiger partial charge in [0.05, 0.1) is 18.1 Å². The van der Waals surface area contributed by atoms with Crippen LogP contribution in [0.5, 0.6) is 0 Å². The quantitative estimate of drug-likeness (QED) is 0.788. The minimum absolute atomic E-state index is 0.134. The summed E-state index contributed by atoms with van der Waals surface area (Å²) in [4.78, 5) is 24.2. The molecule has 5 heteroatoms. The molecule has 0 amide bonds. The van der Waals surface area contributed by atoms with Crippen LogP contribution in [0.25, 0.3) is 0 Å². The average Bonchev–Trinajstić information content (AvgIpc) is 3.35. The number of cyclic esters (lactones) is 2. The summed E-state index contributed by atoms with van der Waals surface area (Å²) in [6.07, 6.45) is 7.17. The minimum Gasteiger partial charge on any atom is -0.472 e. The Labute approximate surface area is 144 Å². The van der Waals surface area contributed by atoms with Crippen LogP contribution in [0.15, 0.2) is 46.8 Å². The molecule has 0 unspecified atom stereocenters. The third-order valence-corrected chi connectivity index (χ3v) is 5.41. The molecular formula is C20H16O5. The van der Waals surface area contributed by atoms with Crippen LogP contribution in [0.3, 0.4) is 0 Å². The van der Waals surface area contributed by atoms with Crippen molar-refractivity contribution in [1.82, 2.24) is 0 Å². The van der Waals surface area contributed by atoms with Gasteiger partial charge in [-0.2, -0.15) is 0 Å². The van der Waals surface area contributed by atoms with Gasteiger partial charge in [0.2, 0.25) is 0 Å². The number of esters is 2. The first-order valence-electron chi connectivity index (χ1n) is 8.47. The maximum absolute atomic E-state index is 12.3. The summed E-state index contributed by atoms with van der Waals surface area (Å²) in [5.41, 5.74) is 5.52. The van der Waals surface area contributed by atoms with E-state index in [4.69, 9.17) is 13.9 Å². The summed E-state index contributed by atoms with van der Waals surface area (Å²) in [5, 5.41) is 0. The van der Waals surface area contributed by atoms with Crippen molar-refractivity contribution < 1.29 is 23.5 Å². The summed E-state index contributed by atoms with van der Waals surface area (Å²) >= 11 is 0. The zero-order valence-electron chi connectivity index (χ0n) is 13.5. The zero-order valence-corrected chi connectivity index (χ0v) is 13.5. The van der Waals surface area contributed by atoms with Gasteiger partial charge >= 0.3 is 11.9 Å². The average molecular weight is 336 g/mol. The molecule has 0 bridgehead atoms. The van der Waals surface area contributed by atoms with E-state index < -0.39 is 6.10 Å². The number of carbonyl (C=O) groups excluding carboxylic acids is 2. The predicted octanol–water partition coefficient (Wildman–Crippen LogP) is 3.13. The van der Waals surface area contributed by atoms with Crippen molar-refractivity contribution in [3.63, 3.8) is 0 Å². The smallest absolute Gasteiger partial charge is 0.339 e. The van der Waals surface area contributed by atoms with Gasteiger partial charge in [0.25, 0.3) is 0 Å². The molecule has 1 aliphatic carbocycles. The van der Waals surface area contributed by atoms with E-state index in [0.717, 1.165) is 41.5 Å². The van der Waals surface area contributed by atoms with Gasteiger partial charge in [0.15, 0.2) is 6.10 Å². The van der Waals surface area contributed by atoms with Gasteiger partial charge in [-0.1, -0.05) is 6.07 Å². The minimum atomic E-state index is -0.431. The third kappa shape index (κ3) is 2.15. The molecule has 1 aromatic heterocycles. The van der Waals surface area contributed by atoms with Crippen LogP contribution in [-0.2, 0) is 27.1 Å². The monoisotopic (exact) mass is 336 g/mol. The number of hydrogen-bond donors (Lipinski definition) is 0. The molecule has 0 spiro atoms. The fourth-order valence-electron chi connectivity index (χ4n) is 4.20. The topological polar surface area (TPSA) is 65.7 Å². The van der Waals surface area contributed by atoms with E-state index in [1.165, 1.54) is 5.56 Å². The number of fused-ring (bicyclic) bond motifs is 3. The standard InChI is InChI=1S/C20H16O5/c21-19-14(6-8-24-19)12-2-1-11-3-4-15-17(16(11)9-12)18(25-20(15)22)13-5-7-23-10-13/h3-7,10,12,18H,1-2,8-9H2/t12-,18-/m0/s1. The van der Waals surface area contributed by atoms with Crippen molar-refractivity contribution in [3.8, 4) is 0 Å². The highest BCUT2D eigenvalue weighted by Crippen LogP contribution is 2.43. The third-order valence-electron chi connectivity index (χ3n) is 5.41. The molecule has 5 nitrogen and oxygen atoms in total. The Morgan fingerprint density at radius 2 is 2.00 bits per heavy atom. The highest BCUT2D eigenvalue weighted by atomic mass is 16.6. The Kier molecular flexibility index (Phi) is 3.10. The van der Waals surface area contributed by atoms with E-state index in [1.807, 2.05) is 24.3 Å². The Balaban J connectivity index is 1.60. The highest BCUT2D eigenvalue weighted by molar-refractivity contribution is 5.95. The molecule has 25 heavy (non-hydrogen) atoms. The lowest BCUT2D eigenvalue weighted by atomic mass is 9.76. The van der Waals surface area contributed by atoms with Crippen LogP contribution >= 0.6 is 0 Å². The number of carbonyl (C=O) groups is 2. The maximum Gasteiger partial charge on any atom is 0.339 e. The van der Waals surface area contributed by atoms with E-state index >= 15 is 0 Å². The van der Waals surface area contributed by atoms with Crippen LogP contribution < -0.4 is 0 Å². The van der Waals surface area contributed by atoms with Crippen LogP contribution in [-0.4, -0.2) is 18.5 Å². The second kappa shape index (κ2) is 5.34. The molecular weight excluding hydrogens is 320 g/mol. The fraction of sp³-hybridized carbons (Fsp3) is 0.300. The molecule has 3 heterocycles. The van der Waals surface area contributed by atoms with Crippen molar-refractivity contribution in [2.45, 2.75) is 25.4 Å². The van der Waals surface area contributed by atoms with Crippen LogP contribution in [0.1, 0.15) is 45.1 Å². The molecule has 2 aromatic rings. The first-order valence-corrected chi connectivity index (χ1v) is 8.47. The largest absolute Gasteiger partial charge is 0.472 e. The molecule has 0 radical (unpaired) electrons. The number of rotatable bonds is 2. The summed E-state index contributed by atoms with van der Waals surface area (Å²) in [5.74, 6) is -0.375. The molecule has 0 saturated carbocycles. The highest BCUT2D eigenvalue weighted by Gasteiger charge is 2.39. The van der Waals surface area contributed by atoms with Gasteiger partial charge in [0.1, 0.15) is 6.61 Å². The van der Waals surface area contributed by atoms with Crippen molar-refractivity contribution in [2.75, 3.05) is 6.61 Å². The second-order valence-electron chi connectivity index (χ2n) is 6.70. The Morgan fingerprint density at radius 3 is 2.76 bits per heavy atom. The molecule has 3 aliphatic rings. The number of benzene rings is 1. The lowest BCUT2D eigenvalue weighted by Crippen LogP contribution is -2.21. The van der Waals surface area contributed by atoms with E-state index in [1.54, 1.807) is 12.5 Å². The van der Waals surface area contributed by atoms with E-state index in [0.29, 0.717) is 12.2 Å². The molecule has 0 N–H and O–H groups in total. The zero-order chi connectivity index (χ0) is 17.0. The molecule has 2 aliphatic heterocycles. The van der Waals surface area contributed by atoms with E-state index in [9.17, 15) is 9.59 Å². The van der Waals surface area contributed by atoms with Crippen molar-refractivity contribution >= 4 is 11.9 Å². The fourth-order valence-corrected chi connectivity index (χ4v) is 4.20. The number of ether oxygens (including phenoxy) is 2. The van der Waals surface area contributed by atoms with Gasteiger partial charge in [-0.05, 0) is 54.5 Å². The molecule has 126 valence electrons. The molecule has 0 saturated heterocycles. The first kappa shape index (κ1) is 14.5. The lowest BCUT2D eigenvalue weighted by Gasteiger charge is -2.27. The van der Waals surface area contributed by atoms with Crippen molar-refractivity contribution in [1.29, 1.82) is 0 Å². The SMILES string of the molecule is O=C1OCC=C1[C@H]1CCc2ccc3c(c2C1)[C@H](c1ccoc1)OC3=O. The summed E-state index contributed by atoms with van der Waals surface area (Å²) in [6.45, 7) is 0.365. The van der Waals surface area contributed by atoms with E-state index in [2.05, 4.69) is 0 Å². The van der Waals surface area contributed by atoms with Gasteiger partial charge in [-0.3, -0.25) is 0 Å². The summed E-state index contributed by atoms with van der Waals surface area (Å²) < 4.78 is 15.9. The number of aryl methyl sites for hydroxylation is 1. The Morgan fingerprint density at radius 1 is 1.08 bits per heavy atom. The summed E-state index contributed by atoms with van der Waals surface area (Å²) in [6, 6.07) is 5.70. The van der Waals surface area contributed by atoms with Crippen LogP contribution in [0.2, 0.25) is 0 Å². The van der Waals surface area contributed by atoms with E-state index in [-0.39, 0.29) is 17.9 Å². The second-order valence-corrected chi connectivity index (χ2v) is 6.70. The maximum atomic E-state index is 12.3. The van der Waals surface area contributed by atoms with Crippen molar-refractivity contribution in [3.05, 3.63) is 70.2 Å². The Bertz CT molecular complexity index is 906. The van der Waals surface area contributed by atoms with Gasteiger partial charge in [-0.25, -0.2) is 9.59 Å². The predicted molar refractivity (Wildman–Crippen MR) is 87.0 cm³/mol. The summed E-state index contributed by atoms with van der Waals surface area (Å²) in [7, 11) is 0.